The second kappa shape index (κ2) is 6.14. The van der Waals surface area contributed by atoms with Gasteiger partial charge in [0.05, 0.1) is 16.4 Å². The molecular weight excluding hydrogens is 338 g/mol. The first kappa shape index (κ1) is 15.5. The Balaban J connectivity index is 1.75. The van der Waals surface area contributed by atoms with Crippen molar-refractivity contribution in [3.63, 3.8) is 0 Å². The van der Waals surface area contributed by atoms with Crippen molar-refractivity contribution in [2.24, 2.45) is 0 Å². The Kier molecular flexibility index (Phi) is 3.82. The Bertz CT molecular complexity index is 1050. The Labute approximate surface area is 149 Å². The number of rotatable bonds is 3. The fourth-order valence-electron chi connectivity index (χ4n) is 2.63. The van der Waals surface area contributed by atoms with Gasteiger partial charge in [0.1, 0.15) is 0 Å². The van der Waals surface area contributed by atoms with Crippen LogP contribution in [0.5, 0.6) is 0 Å². The summed E-state index contributed by atoms with van der Waals surface area (Å²) in [5.74, 6) is 0.855. The maximum atomic E-state index is 6.25. The van der Waals surface area contributed by atoms with Crippen LogP contribution in [-0.4, -0.2) is 25.1 Å². The number of benzene rings is 2. The van der Waals surface area contributed by atoms with Crippen molar-refractivity contribution < 1.29 is 4.52 Å². The van der Waals surface area contributed by atoms with Crippen LogP contribution in [0.1, 0.15) is 11.3 Å². The van der Waals surface area contributed by atoms with Gasteiger partial charge >= 0.3 is 0 Å². The standard InChI is InChI=1S/C18H14ClN5O/c1-11-7-3-4-8-13(11)17-20-18(25-22-17)16-12(2)24(23-21-16)15-10-6-5-9-14(15)19/h3-10H,1-2H3. The van der Waals surface area contributed by atoms with Crippen LogP contribution in [0, 0.1) is 13.8 Å². The third kappa shape index (κ3) is 2.70. The molecule has 0 saturated heterocycles. The van der Waals surface area contributed by atoms with Crippen LogP contribution >= 0.6 is 11.6 Å². The molecule has 124 valence electrons. The summed E-state index contributed by atoms with van der Waals surface area (Å²) in [6, 6.07) is 15.3. The van der Waals surface area contributed by atoms with E-state index in [0.717, 1.165) is 22.5 Å². The minimum absolute atomic E-state index is 0.328. The molecule has 0 bridgehead atoms. The average Bonchev–Trinajstić information content (AvgIpc) is 3.23. The van der Waals surface area contributed by atoms with Crippen molar-refractivity contribution >= 4 is 11.6 Å². The molecule has 0 aliphatic rings. The number of nitrogens with zero attached hydrogens (tertiary/aromatic N) is 5. The maximum Gasteiger partial charge on any atom is 0.280 e. The minimum Gasteiger partial charge on any atom is -0.332 e. The Morgan fingerprint density at radius 3 is 2.56 bits per heavy atom. The zero-order valence-electron chi connectivity index (χ0n) is 13.6. The molecule has 25 heavy (non-hydrogen) atoms. The van der Waals surface area contributed by atoms with Gasteiger partial charge in [-0.05, 0) is 31.5 Å². The van der Waals surface area contributed by atoms with E-state index in [1.54, 1.807) is 10.7 Å². The maximum absolute atomic E-state index is 6.25. The summed E-state index contributed by atoms with van der Waals surface area (Å²) in [6.07, 6.45) is 0. The third-order valence-electron chi connectivity index (χ3n) is 3.99. The quantitative estimate of drug-likeness (QED) is 0.551. The summed E-state index contributed by atoms with van der Waals surface area (Å²) in [5, 5.41) is 13.0. The van der Waals surface area contributed by atoms with Crippen LogP contribution in [-0.2, 0) is 0 Å². The molecule has 2 aromatic carbocycles. The summed E-state index contributed by atoms with van der Waals surface area (Å²) < 4.78 is 7.07. The minimum atomic E-state index is 0.328. The molecule has 0 spiro atoms. The second-order valence-corrected chi connectivity index (χ2v) is 6.03. The van der Waals surface area contributed by atoms with Crippen molar-refractivity contribution in [1.82, 2.24) is 25.1 Å². The van der Waals surface area contributed by atoms with Crippen LogP contribution in [0.3, 0.4) is 0 Å². The van der Waals surface area contributed by atoms with E-state index < -0.39 is 0 Å². The summed E-state index contributed by atoms with van der Waals surface area (Å²) >= 11 is 6.25. The summed E-state index contributed by atoms with van der Waals surface area (Å²) in [7, 11) is 0. The number of aromatic nitrogens is 5. The zero-order chi connectivity index (χ0) is 17.4. The van der Waals surface area contributed by atoms with Gasteiger partial charge in [0, 0.05) is 5.56 Å². The van der Waals surface area contributed by atoms with Gasteiger partial charge < -0.3 is 4.52 Å². The second-order valence-electron chi connectivity index (χ2n) is 5.62. The Morgan fingerprint density at radius 2 is 1.76 bits per heavy atom. The zero-order valence-corrected chi connectivity index (χ0v) is 14.4. The highest BCUT2D eigenvalue weighted by Gasteiger charge is 2.20. The van der Waals surface area contributed by atoms with Gasteiger partial charge in [-0.2, -0.15) is 4.98 Å². The summed E-state index contributed by atoms with van der Waals surface area (Å²) in [6.45, 7) is 3.89. The van der Waals surface area contributed by atoms with Crippen LogP contribution < -0.4 is 0 Å². The lowest BCUT2D eigenvalue weighted by Crippen LogP contribution is -1.99. The average molecular weight is 352 g/mol. The molecule has 0 radical (unpaired) electrons. The smallest absolute Gasteiger partial charge is 0.280 e. The van der Waals surface area contributed by atoms with Gasteiger partial charge in [0.15, 0.2) is 5.69 Å². The first-order valence-corrected chi connectivity index (χ1v) is 8.10. The van der Waals surface area contributed by atoms with Crippen LogP contribution in [0.2, 0.25) is 5.02 Å². The van der Waals surface area contributed by atoms with Crippen molar-refractivity contribution in [3.8, 4) is 28.7 Å². The predicted octanol–water partition coefficient (Wildman–Crippen LogP) is 4.25. The number of hydrogen-bond acceptors (Lipinski definition) is 5. The molecule has 0 N–H and O–H groups in total. The Hall–Kier alpha value is -2.99. The third-order valence-corrected chi connectivity index (χ3v) is 4.31. The summed E-state index contributed by atoms with van der Waals surface area (Å²) in [5.41, 5.74) is 4.05. The molecule has 0 amide bonds. The van der Waals surface area contributed by atoms with E-state index in [-0.39, 0.29) is 0 Å². The highest BCUT2D eigenvalue weighted by molar-refractivity contribution is 6.32. The largest absolute Gasteiger partial charge is 0.332 e. The molecule has 6 nitrogen and oxygen atoms in total. The molecule has 0 fully saturated rings. The van der Waals surface area contributed by atoms with Gasteiger partial charge in [-0.3, -0.25) is 0 Å². The molecule has 0 unspecified atom stereocenters. The van der Waals surface area contributed by atoms with Gasteiger partial charge in [-0.15, -0.1) is 5.10 Å². The number of para-hydroxylation sites is 1. The lowest BCUT2D eigenvalue weighted by Gasteiger charge is -2.04. The first-order valence-electron chi connectivity index (χ1n) is 7.72. The van der Waals surface area contributed by atoms with Crippen molar-refractivity contribution in [2.45, 2.75) is 13.8 Å². The molecule has 0 aliphatic carbocycles. The molecule has 2 heterocycles. The van der Waals surface area contributed by atoms with E-state index in [9.17, 15) is 0 Å². The van der Waals surface area contributed by atoms with Crippen molar-refractivity contribution in [2.75, 3.05) is 0 Å². The normalized spacial score (nSPS) is 11.0. The Morgan fingerprint density at radius 1 is 1.00 bits per heavy atom. The van der Waals surface area contributed by atoms with Crippen molar-refractivity contribution in [1.29, 1.82) is 0 Å². The van der Waals surface area contributed by atoms with Crippen LogP contribution in [0.25, 0.3) is 28.7 Å². The fraction of sp³-hybridized carbons (Fsp3) is 0.111. The van der Waals surface area contributed by atoms with Crippen LogP contribution in [0.15, 0.2) is 53.1 Å². The molecule has 0 atom stereocenters. The molecule has 0 saturated carbocycles. The molecule has 4 aromatic rings. The van der Waals surface area contributed by atoms with E-state index in [0.29, 0.717) is 22.4 Å². The van der Waals surface area contributed by atoms with Gasteiger partial charge in [-0.25, -0.2) is 4.68 Å². The van der Waals surface area contributed by atoms with E-state index >= 15 is 0 Å². The lowest BCUT2D eigenvalue weighted by atomic mass is 10.1. The SMILES string of the molecule is Cc1ccccc1-c1noc(-c2nnn(-c3ccccc3Cl)c2C)n1. The van der Waals surface area contributed by atoms with E-state index in [2.05, 4.69) is 20.5 Å². The molecule has 4 rings (SSSR count). The van der Waals surface area contributed by atoms with Crippen LogP contribution in [0.4, 0.5) is 0 Å². The highest BCUT2D eigenvalue weighted by atomic mass is 35.5. The highest BCUT2D eigenvalue weighted by Crippen LogP contribution is 2.27. The number of halogens is 1. The van der Waals surface area contributed by atoms with Gasteiger partial charge in [-0.1, -0.05) is 58.4 Å². The topological polar surface area (TPSA) is 69.6 Å². The summed E-state index contributed by atoms with van der Waals surface area (Å²) in [4.78, 5) is 4.48. The molecule has 2 aromatic heterocycles. The number of aryl methyl sites for hydroxylation is 1. The van der Waals surface area contributed by atoms with E-state index in [1.807, 2.05) is 56.3 Å². The van der Waals surface area contributed by atoms with E-state index in [1.165, 1.54) is 0 Å². The molecule has 0 aliphatic heterocycles. The number of hydrogen-bond donors (Lipinski definition) is 0. The lowest BCUT2D eigenvalue weighted by molar-refractivity contribution is 0.430. The molecule has 7 heteroatoms. The van der Waals surface area contributed by atoms with Gasteiger partial charge in [0.25, 0.3) is 5.89 Å². The fourth-order valence-corrected chi connectivity index (χ4v) is 2.85. The first-order chi connectivity index (χ1) is 12.1. The predicted molar refractivity (Wildman–Crippen MR) is 94.6 cm³/mol. The monoisotopic (exact) mass is 351 g/mol. The molecular formula is C18H14ClN5O. The van der Waals surface area contributed by atoms with Gasteiger partial charge in [0.2, 0.25) is 5.82 Å². The van der Waals surface area contributed by atoms with Crippen molar-refractivity contribution in [3.05, 3.63) is 64.8 Å². The van der Waals surface area contributed by atoms with E-state index in [4.69, 9.17) is 16.1 Å².